The van der Waals surface area contributed by atoms with Crippen molar-refractivity contribution in [3.05, 3.63) is 54.4 Å². The minimum absolute atomic E-state index is 0.0999. The lowest BCUT2D eigenvalue weighted by atomic mass is 10.1. The number of amides is 1. The van der Waals surface area contributed by atoms with Crippen molar-refractivity contribution in [1.29, 1.82) is 0 Å². The summed E-state index contributed by atoms with van der Waals surface area (Å²) in [4.78, 5) is 12.1. The third-order valence-corrected chi connectivity index (χ3v) is 6.47. The first-order valence-corrected chi connectivity index (χ1v) is 11.1. The zero-order valence-corrected chi connectivity index (χ0v) is 17.1. The second kappa shape index (κ2) is 8.89. The highest BCUT2D eigenvalue weighted by atomic mass is 32.2. The van der Waals surface area contributed by atoms with Crippen LogP contribution < -0.4 is 5.32 Å². The zero-order chi connectivity index (χ0) is 20.1. The minimum Gasteiger partial charge on any atom is -0.373 e. The Morgan fingerprint density at radius 3 is 2.32 bits per heavy atom. The van der Waals surface area contributed by atoms with Gasteiger partial charge in [0.25, 0.3) is 0 Å². The Kier molecular flexibility index (Phi) is 6.53. The van der Waals surface area contributed by atoms with Crippen molar-refractivity contribution >= 4 is 15.9 Å². The summed E-state index contributed by atoms with van der Waals surface area (Å²) in [6.45, 7) is 4.54. The Hall–Kier alpha value is -2.16. The summed E-state index contributed by atoms with van der Waals surface area (Å²) in [6, 6.07) is 11.6. The molecule has 28 heavy (non-hydrogen) atoms. The van der Waals surface area contributed by atoms with Gasteiger partial charge in [0.05, 0.1) is 24.4 Å². The third-order valence-electron chi connectivity index (χ3n) is 4.67. The van der Waals surface area contributed by atoms with Gasteiger partial charge in [-0.15, -0.1) is 0 Å². The summed E-state index contributed by atoms with van der Waals surface area (Å²) < 4.78 is 34.0. The van der Waals surface area contributed by atoms with Gasteiger partial charge in [0.2, 0.25) is 15.9 Å². The molecule has 2 unspecified atom stereocenters. The van der Waals surface area contributed by atoms with E-state index >= 15 is 0 Å². The van der Waals surface area contributed by atoms with Gasteiger partial charge in [-0.2, -0.15) is 4.31 Å². The molecule has 1 aliphatic heterocycles. The van der Waals surface area contributed by atoms with E-state index in [4.69, 9.17) is 4.74 Å². The summed E-state index contributed by atoms with van der Waals surface area (Å²) in [7, 11) is -3.41. The molecule has 0 radical (unpaired) electrons. The molecule has 0 saturated carbocycles. The van der Waals surface area contributed by atoms with Crippen LogP contribution in [0.25, 0.3) is 5.69 Å². The Morgan fingerprint density at radius 2 is 1.71 bits per heavy atom. The number of rotatable bonds is 7. The highest BCUT2D eigenvalue weighted by Crippen LogP contribution is 2.14. The van der Waals surface area contributed by atoms with Gasteiger partial charge in [0.15, 0.2) is 0 Å². The number of nitrogens with zero attached hydrogens (tertiary/aromatic N) is 2. The zero-order valence-electron chi connectivity index (χ0n) is 16.2. The molecule has 0 bridgehead atoms. The van der Waals surface area contributed by atoms with E-state index in [1.54, 1.807) is 0 Å². The first kappa shape index (κ1) is 20.6. The molecule has 1 N–H and O–H groups in total. The van der Waals surface area contributed by atoms with Crippen molar-refractivity contribution in [3.63, 3.8) is 0 Å². The summed E-state index contributed by atoms with van der Waals surface area (Å²) in [5.74, 6) is -0.294. The Morgan fingerprint density at radius 1 is 1.11 bits per heavy atom. The van der Waals surface area contributed by atoms with E-state index in [9.17, 15) is 13.2 Å². The van der Waals surface area contributed by atoms with Crippen molar-refractivity contribution in [3.8, 4) is 5.69 Å². The normalized spacial score (nSPS) is 20.8. The van der Waals surface area contributed by atoms with Crippen LogP contribution in [-0.2, 0) is 26.0 Å². The first-order chi connectivity index (χ1) is 13.3. The van der Waals surface area contributed by atoms with Gasteiger partial charge in [0, 0.05) is 37.7 Å². The Bertz CT molecular complexity index is 869. The quantitative estimate of drug-likeness (QED) is 0.758. The van der Waals surface area contributed by atoms with Gasteiger partial charge >= 0.3 is 0 Å². The van der Waals surface area contributed by atoms with Crippen molar-refractivity contribution < 1.29 is 17.9 Å². The van der Waals surface area contributed by atoms with E-state index < -0.39 is 10.0 Å². The van der Waals surface area contributed by atoms with Gasteiger partial charge in [0.1, 0.15) is 0 Å². The fourth-order valence-corrected chi connectivity index (χ4v) is 4.84. The fraction of sp³-hybridized carbons (Fsp3) is 0.450. The molecule has 1 amide bonds. The second-order valence-corrected chi connectivity index (χ2v) is 9.26. The van der Waals surface area contributed by atoms with Crippen LogP contribution in [0.5, 0.6) is 0 Å². The molecule has 1 aromatic heterocycles. The number of carbonyl (C=O) groups excluding carboxylic acids is 1. The number of sulfonamides is 1. The van der Waals surface area contributed by atoms with E-state index in [0.717, 1.165) is 11.3 Å². The van der Waals surface area contributed by atoms with Crippen LogP contribution in [0, 0.1) is 0 Å². The molecule has 152 valence electrons. The van der Waals surface area contributed by atoms with Crippen molar-refractivity contribution in [2.45, 2.75) is 32.5 Å². The molecule has 2 atom stereocenters. The molecule has 8 heteroatoms. The van der Waals surface area contributed by atoms with Crippen LogP contribution in [0.15, 0.2) is 48.8 Å². The molecular weight excluding hydrogens is 378 g/mol. The van der Waals surface area contributed by atoms with Crippen molar-refractivity contribution in [2.75, 3.05) is 25.4 Å². The number of ether oxygens (including phenoxy) is 1. The lowest BCUT2D eigenvalue weighted by molar-refractivity contribution is -0.120. The van der Waals surface area contributed by atoms with Crippen LogP contribution in [0.1, 0.15) is 19.4 Å². The summed E-state index contributed by atoms with van der Waals surface area (Å²) in [5.41, 5.74) is 1.90. The number of carbonyl (C=O) groups is 1. The van der Waals surface area contributed by atoms with E-state index in [0.29, 0.717) is 13.1 Å². The van der Waals surface area contributed by atoms with Gasteiger partial charge in [-0.1, -0.05) is 12.1 Å². The third kappa shape index (κ3) is 5.43. The van der Waals surface area contributed by atoms with Crippen LogP contribution >= 0.6 is 0 Å². The SMILES string of the molecule is CC1CN(S(=O)(=O)CCNC(=O)Cc2ccc(-n3cccc3)cc2)CC(C)O1. The molecule has 0 spiro atoms. The van der Waals surface area contributed by atoms with Gasteiger partial charge in [-0.3, -0.25) is 4.79 Å². The average Bonchev–Trinajstić information content (AvgIpc) is 3.16. The largest absolute Gasteiger partial charge is 0.373 e. The van der Waals surface area contributed by atoms with Gasteiger partial charge < -0.3 is 14.6 Å². The van der Waals surface area contributed by atoms with E-state index in [1.807, 2.05) is 67.2 Å². The summed E-state index contributed by atoms with van der Waals surface area (Å²) >= 11 is 0. The molecule has 2 aromatic rings. The first-order valence-electron chi connectivity index (χ1n) is 9.46. The summed E-state index contributed by atoms with van der Waals surface area (Å²) in [5, 5.41) is 2.71. The molecule has 1 aromatic carbocycles. The van der Waals surface area contributed by atoms with E-state index in [-0.39, 0.29) is 36.8 Å². The lowest BCUT2D eigenvalue weighted by Crippen LogP contribution is -2.49. The molecule has 0 aliphatic carbocycles. The van der Waals surface area contributed by atoms with Gasteiger partial charge in [-0.05, 0) is 43.7 Å². The Balaban J connectivity index is 1.46. The maximum atomic E-state index is 12.5. The van der Waals surface area contributed by atoms with E-state index in [2.05, 4.69) is 5.32 Å². The number of hydrogen-bond acceptors (Lipinski definition) is 4. The molecule has 1 saturated heterocycles. The summed E-state index contributed by atoms with van der Waals surface area (Å²) in [6.07, 6.45) is 3.89. The predicted octanol–water partition coefficient (Wildman–Crippen LogP) is 1.58. The Labute approximate surface area is 166 Å². The van der Waals surface area contributed by atoms with Crippen LogP contribution in [-0.4, -0.2) is 60.8 Å². The number of hydrogen-bond donors (Lipinski definition) is 1. The lowest BCUT2D eigenvalue weighted by Gasteiger charge is -2.34. The topological polar surface area (TPSA) is 80.6 Å². The highest BCUT2D eigenvalue weighted by molar-refractivity contribution is 7.89. The maximum Gasteiger partial charge on any atom is 0.224 e. The van der Waals surface area contributed by atoms with Crippen LogP contribution in [0.2, 0.25) is 0 Å². The van der Waals surface area contributed by atoms with Crippen molar-refractivity contribution in [1.82, 2.24) is 14.2 Å². The highest BCUT2D eigenvalue weighted by Gasteiger charge is 2.30. The number of benzene rings is 1. The number of morpholine rings is 1. The average molecular weight is 406 g/mol. The molecule has 7 nitrogen and oxygen atoms in total. The van der Waals surface area contributed by atoms with Gasteiger partial charge in [-0.25, -0.2) is 8.42 Å². The number of nitrogens with one attached hydrogen (secondary N) is 1. The standard InChI is InChI=1S/C20H27N3O4S/c1-16-14-23(15-17(2)27-16)28(25,26)12-9-21-20(24)13-18-5-7-19(8-6-18)22-10-3-4-11-22/h3-8,10-11,16-17H,9,12-15H2,1-2H3,(H,21,24). The molecular formula is C20H27N3O4S. The molecule has 1 aliphatic rings. The smallest absolute Gasteiger partial charge is 0.224 e. The minimum atomic E-state index is -3.41. The molecule has 2 heterocycles. The van der Waals surface area contributed by atoms with Crippen LogP contribution in [0.3, 0.4) is 0 Å². The van der Waals surface area contributed by atoms with E-state index in [1.165, 1.54) is 4.31 Å². The predicted molar refractivity (Wildman–Crippen MR) is 108 cm³/mol. The second-order valence-electron chi connectivity index (χ2n) is 7.17. The monoisotopic (exact) mass is 405 g/mol. The number of aromatic nitrogens is 1. The maximum absolute atomic E-state index is 12.5. The van der Waals surface area contributed by atoms with Crippen molar-refractivity contribution in [2.24, 2.45) is 0 Å². The molecule has 1 fully saturated rings. The fourth-order valence-electron chi connectivity index (χ4n) is 3.35. The molecule has 3 rings (SSSR count). The van der Waals surface area contributed by atoms with Crippen LogP contribution in [0.4, 0.5) is 0 Å².